The highest BCUT2D eigenvalue weighted by Gasteiger charge is 2.32. The lowest BCUT2D eigenvalue weighted by molar-refractivity contribution is -0.274. The molecule has 4 rings (SSSR count). The van der Waals surface area contributed by atoms with Gasteiger partial charge in [-0.15, -0.1) is 13.2 Å². The van der Waals surface area contributed by atoms with Gasteiger partial charge in [0.15, 0.2) is 0 Å². The number of halogens is 3. The van der Waals surface area contributed by atoms with Gasteiger partial charge in [-0.05, 0) is 79.0 Å². The molecule has 225 valence electrons. The van der Waals surface area contributed by atoms with Crippen molar-refractivity contribution >= 4 is 17.3 Å². The number of carbonyl (C=O) groups is 1. The van der Waals surface area contributed by atoms with Crippen molar-refractivity contribution in [3.8, 4) is 11.5 Å². The third-order valence-corrected chi connectivity index (χ3v) is 6.86. The summed E-state index contributed by atoms with van der Waals surface area (Å²) < 4.78 is 53.8. The number of ether oxygens (including phenoxy) is 3. The number of benzene rings is 3. The summed E-state index contributed by atoms with van der Waals surface area (Å²) in [4.78, 5) is 15.9. The number of hydrogen-bond donors (Lipinski definition) is 2. The minimum Gasteiger partial charge on any atom is -0.497 e. The Hall–Kier alpha value is -3.96. The lowest BCUT2D eigenvalue weighted by Crippen LogP contribution is -2.36. The van der Waals surface area contributed by atoms with Crippen LogP contribution in [0.25, 0.3) is 0 Å². The summed E-state index contributed by atoms with van der Waals surface area (Å²) in [6, 6.07) is 20.3. The molecule has 1 saturated heterocycles. The number of anilines is 2. The molecule has 0 amide bonds. The molecule has 42 heavy (non-hydrogen) atoms. The summed E-state index contributed by atoms with van der Waals surface area (Å²) in [7, 11) is 1.61. The molecule has 1 heterocycles. The van der Waals surface area contributed by atoms with Crippen molar-refractivity contribution in [2.45, 2.75) is 25.4 Å². The Balaban J connectivity index is 1.54. The van der Waals surface area contributed by atoms with Gasteiger partial charge in [0.2, 0.25) is 0 Å². The molecule has 1 radical (unpaired) electrons. The Morgan fingerprint density at radius 1 is 1.07 bits per heavy atom. The van der Waals surface area contributed by atoms with E-state index in [2.05, 4.69) is 15.0 Å². The fourth-order valence-corrected chi connectivity index (χ4v) is 4.91. The predicted octanol–water partition coefficient (Wildman–Crippen LogP) is 5.45. The maximum absolute atomic E-state index is 13.0. The van der Waals surface area contributed by atoms with Gasteiger partial charge >= 0.3 is 12.3 Å². The fourth-order valence-electron chi connectivity index (χ4n) is 4.91. The standard InChI is InChI=1S/C31H35F3N3O5/c1-40-27-7-2-5-23(19-27)21-35-14-4-9-29(24-6-3-8-28(20-24)42-31(32,33)34)37(22-30(38)39)26-12-10-25(11-13-26)36-15-17-41-18-16-36/h2-8,10-13,19-20,29,35H,9,14-18,21-22H2,1H3,(H,38,39). The van der Waals surface area contributed by atoms with Gasteiger partial charge in [0.1, 0.15) is 18.0 Å². The second kappa shape index (κ2) is 14.8. The van der Waals surface area contributed by atoms with Crippen LogP contribution in [0, 0.1) is 6.42 Å². The molecule has 0 aliphatic carbocycles. The van der Waals surface area contributed by atoms with E-state index in [4.69, 9.17) is 9.47 Å². The molecule has 0 saturated carbocycles. The average Bonchev–Trinajstić information content (AvgIpc) is 2.98. The van der Waals surface area contributed by atoms with Crippen LogP contribution >= 0.6 is 0 Å². The number of methoxy groups -OCH3 is 1. The van der Waals surface area contributed by atoms with Gasteiger partial charge in [-0.3, -0.25) is 4.79 Å². The van der Waals surface area contributed by atoms with Crippen LogP contribution < -0.4 is 24.6 Å². The smallest absolute Gasteiger partial charge is 0.497 e. The normalized spacial score (nSPS) is 14.3. The van der Waals surface area contributed by atoms with E-state index in [1.807, 2.05) is 55.0 Å². The third-order valence-electron chi connectivity index (χ3n) is 6.86. The Kier molecular flexibility index (Phi) is 10.9. The molecule has 1 atom stereocenters. The van der Waals surface area contributed by atoms with E-state index in [9.17, 15) is 23.1 Å². The summed E-state index contributed by atoms with van der Waals surface area (Å²) in [5.74, 6) is -0.668. The van der Waals surface area contributed by atoms with Gasteiger partial charge in [-0.25, -0.2) is 0 Å². The summed E-state index contributed by atoms with van der Waals surface area (Å²) >= 11 is 0. The molecule has 1 aliphatic rings. The zero-order valence-corrected chi connectivity index (χ0v) is 23.3. The summed E-state index contributed by atoms with van der Waals surface area (Å²) in [6.45, 7) is 3.49. The monoisotopic (exact) mass is 586 g/mol. The first-order valence-corrected chi connectivity index (χ1v) is 13.6. The lowest BCUT2D eigenvalue weighted by atomic mass is 9.98. The SMILES string of the molecule is COc1cccc(CNC[CH]CC(c2cccc(OC(F)(F)F)c2)N(CC(=O)O)c2ccc(N3CCOCC3)cc2)c1. The zero-order chi connectivity index (χ0) is 30.0. The minimum absolute atomic E-state index is 0.350. The maximum atomic E-state index is 13.0. The highest BCUT2D eigenvalue weighted by Crippen LogP contribution is 2.34. The van der Waals surface area contributed by atoms with E-state index in [0.717, 1.165) is 30.1 Å². The quantitative estimate of drug-likeness (QED) is 0.242. The molecule has 1 fully saturated rings. The first-order valence-electron chi connectivity index (χ1n) is 13.6. The molecule has 0 spiro atoms. The number of hydrogen-bond acceptors (Lipinski definition) is 7. The first-order chi connectivity index (χ1) is 20.2. The van der Waals surface area contributed by atoms with Gasteiger partial charge in [0.25, 0.3) is 0 Å². The second-order valence-corrected chi connectivity index (χ2v) is 9.78. The molecule has 8 nitrogen and oxygen atoms in total. The summed E-state index contributed by atoms with van der Waals surface area (Å²) in [6.07, 6.45) is -2.53. The van der Waals surface area contributed by atoms with Crippen molar-refractivity contribution in [1.29, 1.82) is 0 Å². The highest BCUT2D eigenvalue weighted by molar-refractivity contribution is 5.74. The van der Waals surface area contributed by atoms with E-state index in [1.54, 1.807) is 18.1 Å². The Bertz CT molecular complexity index is 1280. The van der Waals surface area contributed by atoms with E-state index in [0.29, 0.717) is 44.0 Å². The molecule has 11 heteroatoms. The number of nitrogens with zero attached hydrogens (tertiary/aromatic N) is 2. The topological polar surface area (TPSA) is 83.5 Å². The highest BCUT2D eigenvalue weighted by atomic mass is 19.4. The fraction of sp³-hybridized carbons (Fsp3) is 0.355. The molecule has 1 unspecified atom stereocenters. The second-order valence-electron chi connectivity index (χ2n) is 9.78. The Morgan fingerprint density at radius 2 is 1.79 bits per heavy atom. The predicted molar refractivity (Wildman–Crippen MR) is 154 cm³/mol. The van der Waals surface area contributed by atoms with Crippen molar-refractivity contribution in [2.24, 2.45) is 0 Å². The number of morpholine rings is 1. The number of nitrogens with one attached hydrogen (secondary N) is 1. The van der Waals surface area contributed by atoms with Gasteiger partial charge in [0, 0.05) is 31.0 Å². The first kappa shape index (κ1) is 31.0. The van der Waals surface area contributed by atoms with Crippen LogP contribution in [0.15, 0.2) is 72.8 Å². The van der Waals surface area contributed by atoms with Gasteiger partial charge in [-0.1, -0.05) is 24.3 Å². The van der Waals surface area contributed by atoms with Crippen molar-refractivity contribution in [3.63, 3.8) is 0 Å². The van der Waals surface area contributed by atoms with E-state index >= 15 is 0 Å². The lowest BCUT2D eigenvalue weighted by Gasteiger charge is -2.34. The average molecular weight is 587 g/mol. The Morgan fingerprint density at radius 3 is 2.48 bits per heavy atom. The van der Waals surface area contributed by atoms with Gasteiger partial charge in [0.05, 0.1) is 26.4 Å². The molecule has 3 aromatic rings. The van der Waals surface area contributed by atoms with Gasteiger partial charge in [-0.2, -0.15) is 0 Å². The molecule has 0 aromatic heterocycles. The van der Waals surface area contributed by atoms with Crippen molar-refractivity contribution in [1.82, 2.24) is 5.32 Å². The number of carboxylic acids is 1. The molecule has 0 bridgehead atoms. The molecular formula is C31H35F3N3O5. The maximum Gasteiger partial charge on any atom is 0.573 e. The summed E-state index contributed by atoms with van der Waals surface area (Å²) in [5.41, 5.74) is 3.16. The third kappa shape index (κ3) is 9.28. The summed E-state index contributed by atoms with van der Waals surface area (Å²) in [5, 5.41) is 13.1. The van der Waals surface area contributed by atoms with Crippen LogP contribution in [-0.4, -0.2) is 63.9 Å². The van der Waals surface area contributed by atoms with Crippen LogP contribution in [-0.2, 0) is 16.1 Å². The molecule has 2 N–H and O–H groups in total. The number of rotatable bonds is 14. The van der Waals surface area contributed by atoms with Crippen molar-refractivity contribution < 1.29 is 37.3 Å². The zero-order valence-electron chi connectivity index (χ0n) is 23.3. The van der Waals surface area contributed by atoms with Crippen molar-refractivity contribution in [2.75, 3.05) is 56.3 Å². The van der Waals surface area contributed by atoms with Crippen molar-refractivity contribution in [3.05, 3.63) is 90.3 Å². The molecule has 3 aromatic carbocycles. The van der Waals surface area contributed by atoms with Crippen LogP contribution in [0.4, 0.5) is 24.5 Å². The van der Waals surface area contributed by atoms with Crippen LogP contribution in [0.5, 0.6) is 11.5 Å². The van der Waals surface area contributed by atoms with E-state index < -0.39 is 18.4 Å². The molecule has 1 aliphatic heterocycles. The van der Waals surface area contributed by atoms with E-state index in [-0.39, 0.29) is 12.3 Å². The molecular weight excluding hydrogens is 551 g/mol. The van der Waals surface area contributed by atoms with Crippen LogP contribution in [0.2, 0.25) is 0 Å². The Labute approximate surface area is 243 Å². The van der Waals surface area contributed by atoms with Crippen LogP contribution in [0.3, 0.4) is 0 Å². The number of aliphatic carboxylic acids is 1. The number of alkyl halides is 3. The van der Waals surface area contributed by atoms with E-state index in [1.165, 1.54) is 18.2 Å². The van der Waals surface area contributed by atoms with Crippen LogP contribution in [0.1, 0.15) is 23.6 Å². The number of carboxylic acid groups (broad SMARTS) is 1. The minimum atomic E-state index is -4.85. The van der Waals surface area contributed by atoms with Gasteiger partial charge < -0.3 is 34.4 Å². The largest absolute Gasteiger partial charge is 0.573 e.